The first-order chi connectivity index (χ1) is 6.11. The van der Waals surface area contributed by atoms with Crippen LogP contribution in [0.5, 0.6) is 0 Å². The van der Waals surface area contributed by atoms with Gasteiger partial charge < -0.3 is 15.2 Å². The number of carboxylic acids is 1. The molecule has 5 nitrogen and oxygen atoms in total. The van der Waals surface area contributed by atoms with Crippen molar-refractivity contribution in [2.24, 2.45) is 5.92 Å². The third-order valence-corrected chi connectivity index (χ3v) is 2.23. The van der Waals surface area contributed by atoms with Crippen LogP contribution in [0, 0.1) is 5.92 Å². The van der Waals surface area contributed by atoms with Gasteiger partial charge in [-0.1, -0.05) is 0 Å². The molecule has 2 unspecified atom stereocenters. The molecule has 2 atom stereocenters. The zero-order valence-corrected chi connectivity index (χ0v) is 7.45. The van der Waals surface area contributed by atoms with Crippen LogP contribution >= 0.6 is 0 Å². The summed E-state index contributed by atoms with van der Waals surface area (Å²) in [7, 11) is 0. The van der Waals surface area contributed by atoms with E-state index in [4.69, 9.17) is 9.84 Å². The highest BCUT2D eigenvalue weighted by molar-refractivity contribution is 6.31. The summed E-state index contributed by atoms with van der Waals surface area (Å²) in [5.41, 5.74) is 0. The van der Waals surface area contributed by atoms with Gasteiger partial charge in [0.1, 0.15) is 0 Å². The third-order valence-electron chi connectivity index (χ3n) is 2.23. The van der Waals surface area contributed by atoms with Crippen molar-refractivity contribution in [3.63, 3.8) is 0 Å². The number of ether oxygens (including phenoxy) is 1. The van der Waals surface area contributed by atoms with Crippen molar-refractivity contribution in [2.45, 2.75) is 19.4 Å². The molecule has 0 aromatic rings. The van der Waals surface area contributed by atoms with Crippen LogP contribution in [0.3, 0.4) is 0 Å². The van der Waals surface area contributed by atoms with Crippen LogP contribution in [-0.4, -0.2) is 36.2 Å². The van der Waals surface area contributed by atoms with E-state index in [2.05, 4.69) is 5.32 Å². The van der Waals surface area contributed by atoms with E-state index >= 15 is 0 Å². The molecule has 0 aromatic carbocycles. The highest BCUT2D eigenvalue weighted by Gasteiger charge is 2.25. The summed E-state index contributed by atoms with van der Waals surface area (Å²) in [6, 6.07) is -0.133. The summed E-state index contributed by atoms with van der Waals surface area (Å²) in [5, 5.41) is 10.7. The predicted molar refractivity (Wildman–Crippen MR) is 44.2 cm³/mol. The fourth-order valence-electron chi connectivity index (χ4n) is 1.33. The summed E-state index contributed by atoms with van der Waals surface area (Å²) in [6.07, 6.45) is 0.876. The Morgan fingerprint density at radius 3 is 2.77 bits per heavy atom. The molecular weight excluding hydrogens is 174 g/mol. The molecule has 1 fully saturated rings. The van der Waals surface area contributed by atoms with Crippen molar-refractivity contribution >= 4 is 11.9 Å². The van der Waals surface area contributed by atoms with Crippen LogP contribution in [0.2, 0.25) is 0 Å². The molecule has 0 saturated carbocycles. The molecule has 1 aliphatic heterocycles. The Kier molecular flexibility index (Phi) is 3.25. The topological polar surface area (TPSA) is 75.6 Å². The smallest absolute Gasteiger partial charge is 0.394 e. The number of carboxylic acid groups (broad SMARTS) is 1. The van der Waals surface area contributed by atoms with Gasteiger partial charge in [-0.2, -0.15) is 0 Å². The van der Waals surface area contributed by atoms with Crippen LogP contribution in [0.1, 0.15) is 13.3 Å². The van der Waals surface area contributed by atoms with Gasteiger partial charge in [-0.15, -0.1) is 0 Å². The summed E-state index contributed by atoms with van der Waals surface area (Å²) >= 11 is 0. The van der Waals surface area contributed by atoms with E-state index in [1.165, 1.54) is 0 Å². The van der Waals surface area contributed by atoms with Gasteiger partial charge in [0.2, 0.25) is 0 Å². The van der Waals surface area contributed by atoms with E-state index in [0.717, 1.165) is 6.42 Å². The van der Waals surface area contributed by atoms with Gasteiger partial charge in [0.15, 0.2) is 0 Å². The fraction of sp³-hybridized carbons (Fsp3) is 0.750. The maximum absolute atomic E-state index is 10.8. The van der Waals surface area contributed by atoms with Crippen LogP contribution in [0.15, 0.2) is 0 Å². The number of carbonyl (C=O) groups excluding carboxylic acids is 1. The van der Waals surface area contributed by atoms with E-state index in [0.29, 0.717) is 13.2 Å². The average molecular weight is 187 g/mol. The third kappa shape index (κ3) is 2.69. The molecule has 13 heavy (non-hydrogen) atoms. The van der Waals surface area contributed by atoms with Crippen LogP contribution < -0.4 is 5.32 Å². The lowest BCUT2D eigenvalue weighted by Gasteiger charge is -2.17. The Balaban J connectivity index is 2.35. The lowest BCUT2D eigenvalue weighted by atomic mass is 10.0. The minimum atomic E-state index is -1.44. The van der Waals surface area contributed by atoms with Gasteiger partial charge in [-0.05, 0) is 13.3 Å². The number of nitrogens with one attached hydrogen (secondary N) is 1. The number of rotatable bonds is 2. The maximum atomic E-state index is 10.8. The summed E-state index contributed by atoms with van der Waals surface area (Å²) < 4.78 is 5.12. The maximum Gasteiger partial charge on any atom is 0.394 e. The average Bonchev–Trinajstić information content (AvgIpc) is 2.55. The van der Waals surface area contributed by atoms with E-state index in [-0.39, 0.29) is 12.0 Å². The molecule has 0 aliphatic carbocycles. The van der Waals surface area contributed by atoms with Gasteiger partial charge in [0.25, 0.3) is 0 Å². The zero-order chi connectivity index (χ0) is 9.84. The molecule has 2 N–H and O–H groups in total. The van der Waals surface area contributed by atoms with Gasteiger partial charge in [0, 0.05) is 18.6 Å². The first kappa shape index (κ1) is 9.98. The lowest BCUT2D eigenvalue weighted by Crippen LogP contribution is -2.41. The second-order valence-corrected chi connectivity index (χ2v) is 3.19. The van der Waals surface area contributed by atoms with Crippen molar-refractivity contribution in [3.8, 4) is 0 Å². The number of hydrogen-bond acceptors (Lipinski definition) is 3. The number of aliphatic carboxylic acids is 1. The Labute approximate surface area is 76.1 Å². The van der Waals surface area contributed by atoms with Gasteiger partial charge in [-0.25, -0.2) is 4.79 Å². The van der Waals surface area contributed by atoms with Crippen molar-refractivity contribution < 1.29 is 19.4 Å². The largest absolute Gasteiger partial charge is 0.474 e. The molecule has 5 heteroatoms. The molecule has 1 amide bonds. The summed E-state index contributed by atoms with van der Waals surface area (Å²) in [6.45, 7) is 3.08. The van der Waals surface area contributed by atoms with Crippen molar-refractivity contribution in [1.82, 2.24) is 5.32 Å². The van der Waals surface area contributed by atoms with E-state index < -0.39 is 11.9 Å². The quantitative estimate of drug-likeness (QED) is 0.577. The minimum absolute atomic E-state index is 0.133. The van der Waals surface area contributed by atoms with E-state index in [1.807, 2.05) is 0 Å². The molecule has 1 heterocycles. The number of amides is 1. The molecule has 1 saturated heterocycles. The predicted octanol–water partition coefficient (Wildman–Crippen LogP) is -0.388. The second kappa shape index (κ2) is 4.23. The molecule has 1 rings (SSSR count). The number of hydrogen-bond donors (Lipinski definition) is 2. The fourth-order valence-corrected chi connectivity index (χ4v) is 1.33. The Morgan fingerprint density at radius 1 is 1.62 bits per heavy atom. The van der Waals surface area contributed by atoms with Crippen molar-refractivity contribution in [1.29, 1.82) is 0 Å². The molecule has 0 spiro atoms. The van der Waals surface area contributed by atoms with Gasteiger partial charge >= 0.3 is 11.9 Å². The van der Waals surface area contributed by atoms with Crippen LogP contribution in [0.4, 0.5) is 0 Å². The summed E-state index contributed by atoms with van der Waals surface area (Å²) in [4.78, 5) is 21.0. The lowest BCUT2D eigenvalue weighted by molar-refractivity contribution is -0.150. The monoisotopic (exact) mass is 187 g/mol. The highest BCUT2D eigenvalue weighted by Crippen LogP contribution is 2.15. The first-order valence-electron chi connectivity index (χ1n) is 4.23. The zero-order valence-electron chi connectivity index (χ0n) is 7.45. The van der Waals surface area contributed by atoms with Crippen LogP contribution in [-0.2, 0) is 14.3 Å². The van der Waals surface area contributed by atoms with E-state index in [1.54, 1.807) is 6.92 Å². The van der Waals surface area contributed by atoms with Crippen LogP contribution in [0.25, 0.3) is 0 Å². The van der Waals surface area contributed by atoms with Crippen molar-refractivity contribution in [2.75, 3.05) is 13.2 Å². The Bertz CT molecular complexity index is 210. The second-order valence-electron chi connectivity index (χ2n) is 3.19. The van der Waals surface area contributed by atoms with Crippen molar-refractivity contribution in [3.05, 3.63) is 0 Å². The SMILES string of the molecule is CC(NC(=O)C(=O)O)C1CCOC1. The molecule has 1 aliphatic rings. The highest BCUT2D eigenvalue weighted by atomic mass is 16.5. The molecule has 0 radical (unpaired) electrons. The Hall–Kier alpha value is -1.10. The minimum Gasteiger partial charge on any atom is -0.474 e. The van der Waals surface area contributed by atoms with Gasteiger partial charge in [-0.3, -0.25) is 4.79 Å². The molecule has 0 aromatic heterocycles. The Morgan fingerprint density at radius 2 is 2.31 bits per heavy atom. The van der Waals surface area contributed by atoms with Gasteiger partial charge in [0.05, 0.1) is 6.61 Å². The number of carbonyl (C=O) groups is 2. The molecule has 74 valence electrons. The van der Waals surface area contributed by atoms with E-state index in [9.17, 15) is 9.59 Å². The molecule has 0 bridgehead atoms. The molecular formula is C8H13NO4. The summed E-state index contributed by atoms with van der Waals surface area (Å²) in [5.74, 6) is -2.14. The standard InChI is InChI=1S/C8H13NO4/c1-5(6-2-3-13-4-6)9-7(10)8(11)12/h5-6H,2-4H2,1H3,(H,9,10)(H,11,12). The normalized spacial score (nSPS) is 23.9. The first-order valence-corrected chi connectivity index (χ1v) is 4.23.